The van der Waals surface area contributed by atoms with Gasteiger partial charge >= 0.3 is 5.97 Å². The summed E-state index contributed by atoms with van der Waals surface area (Å²) in [5, 5.41) is 10.4. The van der Waals surface area contributed by atoms with Crippen molar-refractivity contribution in [3.05, 3.63) is 70.9 Å². The number of benzene rings is 2. The van der Waals surface area contributed by atoms with Crippen molar-refractivity contribution in [2.45, 2.75) is 32.2 Å². The Hall–Kier alpha value is -3.41. The standard InChI is InChI=1S/C22H22N2O4/c1-14-19(12-21(23)26)18-8-7-16(17(9-10-25)22(27)28)11-20(18)24(14)13-15-5-3-2-4-6-15/h2-8,10-11,17H,9,12-13H2,1H3,(H2,23,26)(H,27,28). The molecule has 28 heavy (non-hydrogen) atoms. The van der Waals surface area contributed by atoms with Crippen molar-refractivity contribution in [3.63, 3.8) is 0 Å². The Kier molecular flexibility index (Phi) is 5.59. The van der Waals surface area contributed by atoms with Crippen molar-refractivity contribution < 1.29 is 19.5 Å². The fourth-order valence-corrected chi connectivity index (χ4v) is 3.63. The Morgan fingerprint density at radius 3 is 2.50 bits per heavy atom. The number of nitrogens with zero attached hydrogens (tertiary/aromatic N) is 1. The number of carbonyl (C=O) groups excluding carboxylic acids is 2. The summed E-state index contributed by atoms with van der Waals surface area (Å²) < 4.78 is 2.06. The van der Waals surface area contributed by atoms with Gasteiger partial charge in [0.2, 0.25) is 5.91 Å². The SMILES string of the molecule is Cc1c(CC(N)=O)c2ccc(C(CC=O)C(=O)O)cc2n1Cc1ccccc1. The number of primary amides is 1. The zero-order valence-corrected chi connectivity index (χ0v) is 15.6. The summed E-state index contributed by atoms with van der Waals surface area (Å²) in [6, 6.07) is 15.2. The third-order valence-corrected chi connectivity index (χ3v) is 5.05. The van der Waals surface area contributed by atoms with E-state index in [0.717, 1.165) is 27.7 Å². The van der Waals surface area contributed by atoms with Crippen LogP contribution in [0.1, 0.15) is 34.7 Å². The molecule has 1 amide bonds. The average molecular weight is 378 g/mol. The van der Waals surface area contributed by atoms with Crippen LogP contribution in [0, 0.1) is 6.92 Å². The van der Waals surface area contributed by atoms with E-state index >= 15 is 0 Å². The highest BCUT2D eigenvalue weighted by Gasteiger charge is 2.22. The minimum atomic E-state index is -1.04. The molecule has 1 unspecified atom stereocenters. The summed E-state index contributed by atoms with van der Waals surface area (Å²) in [4.78, 5) is 34.1. The number of carbonyl (C=O) groups is 3. The van der Waals surface area contributed by atoms with Crippen LogP contribution in [0.2, 0.25) is 0 Å². The number of amides is 1. The minimum Gasteiger partial charge on any atom is -0.481 e. The molecule has 1 atom stereocenters. The smallest absolute Gasteiger partial charge is 0.311 e. The number of aliphatic carboxylic acids is 1. The Balaban J connectivity index is 2.18. The lowest BCUT2D eigenvalue weighted by atomic mass is 9.95. The summed E-state index contributed by atoms with van der Waals surface area (Å²) in [7, 11) is 0. The number of aldehydes is 1. The molecule has 6 heteroatoms. The monoisotopic (exact) mass is 378 g/mol. The predicted molar refractivity (Wildman–Crippen MR) is 106 cm³/mol. The number of hydrogen-bond acceptors (Lipinski definition) is 3. The molecule has 3 N–H and O–H groups in total. The van der Waals surface area contributed by atoms with Gasteiger partial charge in [-0.1, -0.05) is 42.5 Å². The van der Waals surface area contributed by atoms with Crippen LogP contribution in [-0.4, -0.2) is 27.8 Å². The summed E-state index contributed by atoms with van der Waals surface area (Å²) in [5.74, 6) is -2.36. The molecule has 1 aromatic heterocycles. The molecule has 0 aliphatic heterocycles. The molecular weight excluding hydrogens is 356 g/mol. The van der Waals surface area contributed by atoms with E-state index in [4.69, 9.17) is 5.73 Å². The Labute approximate surface area is 162 Å². The minimum absolute atomic E-state index is 0.0899. The Morgan fingerprint density at radius 2 is 1.89 bits per heavy atom. The van der Waals surface area contributed by atoms with Crippen molar-refractivity contribution in [2.75, 3.05) is 0 Å². The maximum absolute atomic E-state index is 11.6. The number of hydrogen-bond donors (Lipinski definition) is 2. The quantitative estimate of drug-likeness (QED) is 0.588. The number of fused-ring (bicyclic) bond motifs is 1. The van der Waals surface area contributed by atoms with Crippen LogP contribution in [0.4, 0.5) is 0 Å². The molecule has 2 aromatic carbocycles. The van der Waals surface area contributed by atoms with E-state index < -0.39 is 17.8 Å². The lowest BCUT2D eigenvalue weighted by Crippen LogP contribution is -2.14. The Bertz CT molecular complexity index is 1040. The van der Waals surface area contributed by atoms with Gasteiger partial charge < -0.3 is 20.2 Å². The van der Waals surface area contributed by atoms with Gasteiger partial charge in [0, 0.05) is 29.6 Å². The van der Waals surface area contributed by atoms with E-state index in [0.29, 0.717) is 18.4 Å². The van der Waals surface area contributed by atoms with Gasteiger partial charge in [-0.3, -0.25) is 9.59 Å². The van der Waals surface area contributed by atoms with E-state index in [-0.39, 0.29) is 12.8 Å². The lowest BCUT2D eigenvalue weighted by molar-refractivity contribution is -0.139. The number of carboxylic acids is 1. The maximum Gasteiger partial charge on any atom is 0.311 e. The summed E-state index contributed by atoms with van der Waals surface area (Å²) in [6.07, 6.45) is 0.642. The van der Waals surface area contributed by atoms with Gasteiger partial charge in [0.25, 0.3) is 0 Å². The third-order valence-electron chi connectivity index (χ3n) is 5.05. The molecule has 6 nitrogen and oxygen atoms in total. The van der Waals surface area contributed by atoms with Crippen LogP contribution in [0.15, 0.2) is 48.5 Å². The summed E-state index contributed by atoms with van der Waals surface area (Å²) in [6.45, 7) is 2.51. The van der Waals surface area contributed by atoms with Gasteiger partial charge in [0.1, 0.15) is 6.29 Å². The average Bonchev–Trinajstić information content (AvgIpc) is 2.91. The second kappa shape index (κ2) is 8.08. The van der Waals surface area contributed by atoms with Gasteiger partial charge in [-0.25, -0.2) is 0 Å². The molecule has 144 valence electrons. The zero-order valence-electron chi connectivity index (χ0n) is 15.6. The van der Waals surface area contributed by atoms with Gasteiger partial charge in [0.15, 0.2) is 0 Å². The van der Waals surface area contributed by atoms with Crippen molar-refractivity contribution >= 4 is 29.1 Å². The highest BCUT2D eigenvalue weighted by Crippen LogP contribution is 2.31. The highest BCUT2D eigenvalue weighted by atomic mass is 16.4. The molecule has 3 rings (SSSR count). The van der Waals surface area contributed by atoms with Gasteiger partial charge in [-0.2, -0.15) is 0 Å². The molecule has 0 bridgehead atoms. The molecule has 0 aliphatic rings. The molecule has 0 saturated carbocycles. The van der Waals surface area contributed by atoms with Crippen molar-refractivity contribution in [1.29, 1.82) is 0 Å². The first-order valence-corrected chi connectivity index (χ1v) is 9.02. The zero-order chi connectivity index (χ0) is 20.3. The second-order valence-corrected chi connectivity index (χ2v) is 6.85. The largest absolute Gasteiger partial charge is 0.481 e. The number of rotatable bonds is 8. The van der Waals surface area contributed by atoms with E-state index in [1.54, 1.807) is 12.1 Å². The van der Waals surface area contributed by atoms with Crippen LogP contribution in [0.25, 0.3) is 10.9 Å². The van der Waals surface area contributed by atoms with Crippen LogP contribution in [0.5, 0.6) is 0 Å². The van der Waals surface area contributed by atoms with Crippen molar-refractivity contribution in [1.82, 2.24) is 4.57 Å². The number of carboxylic acid groups (broad SMARTS) is 1. The first kappa shape index (κ1) is 19.4. The molecule has 0 saturated heterocycles. The van der Waals surface area contributed by atoms with Crippen LogP contribution < -0.4 is 5.73 Å². The molecule has 0 radical (unpaired) electrons. The highest BCUT2D eigenvalue weighted by molar-refractivity contribution is 5.92. The van der Waals surface area contributed by atoms with Crippen LogP contribution in [0.3, 0.4) is 0 Å². The van der Waals surface area contributed by atoms with Crippen LogP contribution >= 0.6 is 0 Å². The molecule has 3 aromatic rings. The fraction of sp³-hybridized carbons (Fsp3) is 0.227. The lowest BCUT2D eigenvalue weighted by Gasteiger charge is -2.12. The van der Waals surface area contributed by atoms with Crippen molar-refractivity contribution in [3.8, 4) is 0 Å². The summed E-state index contributed by atoms with van der Waals surface area (Å²) >= 11 is 0. The first-order valence-electron chi connectivity index (χ1n) is 9.02. The first-order chi connectivity index (χ1) is 13.4. The van der Waals surface area contributed by atoms with E-state index in [2.05, 4.69) is 4.57 Å². The summed E-state index contributed by atoms with van der Waals surface area (Å²) in [5.41, 5.74) is 9.66. The topological polar surface area (TPSA) is 102 Å². The van der Waals surface area contributed by atoms with Gasteiger partial charge in [0.05, 0.1) is 12.3 Å². The molecular formula is C22H22N2O4. The number of aromatic nitrogens is 1. The fourth-order valence-electron chi connectivity index (χ4n) is 3.63. The van der Waals surface area contributed by atoms with Crippen LogP contribution in [-0.2, 0) is 27.3 Å². The molecule has 0 spiro atoms. The van der Waals surface area contributed by atoms with E-state index in [1.807, 2.05) is 43.3 Å². The molecule has 0 fully saturated rings. The van der Waals surface area contributed by atoms with E-state index in [1.165, 1.54) is 0 Å². The number of nitrogens with two attached hydrogens (primary N) is 1. The Morgan fingerprint density at radius 1 is 1.18 bits per heavy atom. The van der Waals surface area contributed by atoms with Gasteiger partial charge in [-0.05, 0) is 29.7 Å². The van der Waals surface area contributed by atoms with Crippen molar-refractivity contribution in [2.24, 2.45) is 5.73 Å². The molecule has 0 aliphatic carbocycles. The predicted octanol–water partition coefficient (Wildman–Crippen LogP) is 2.78. The molecule has 1 heterocycles. The maximum atomic E-state index is 11.6. The van der Waals surface area contributed by atoms with E-state index in [9.17, 15) is 19.5 Å². The van der Waals surface area contributed by atoms with Gasteiger partial charge in [-0.15, -0.1) is 0 Å². The third kappa shape index (κ3) is 3.81. The normalized spacial score (nSPS) is 12.0. The second-order valence-electron chi connectivity index (χ2n) is 6.85.